The first-order valence-electron chi connectivity index (χ1n) is 8.25. The highest BCUT2D eigenvalue weighted by Gasteiger charge is 2.24. The summed E-state index contributed by atoms with van der Waals surface area (Å²) in [5.74, 6) is -1.24. The molecule has 1 heterocycles. The molecule has 160 valence electrons. The number of aliphatic hydroxyl groups is 2. The molecule has 0 saturated carbocycles. The van der Waals surface area contributed by atoms with E-state index >= 15 is 0 Å². The normalized spacial score (nSPS) is 14.6. The van der Waals surface area contributed by atoms with Crippen molar-refractivity contribution in [1.29, 1.82) is 0 Å². The van der Waals surface area contributed by atoms with E-state index in [4.69, 9.17) is 19.7 Å². The van der Waals surface area contributed by atoms with Gasteiger partial charge in [-0.25, -0.2) is 14.4 Å². The van der Waals surface area contributed by atoms with Crippen LogP contribution in [-0.4, -0.2) is 73.9 Å². The van der Waals surface area contributed by atoms with E-state index in [0.717, 1.165) is 0 Å². The van der Waals surface area contributed by atoms with Crippen LogP contribution in [0.25, 0.3) is 0 Å². The van der Waals surface area contributed by atoms with Crippen LogP contribution in [0.3, 0.4) is 0 Å². The maximum absolute atomic E-state index is 10.7. The van der Waals surface area contributed by atoms with Gasteiger partial charge in [-0.3, -0.25) is 0 Å². The summed E-state index contributed by atoms with van der Waals surface area (Å²) in [5, 5.41) is 17.1. The van der Waals surface area contributed by atoms with E-state index in [-0.39, 0.29) is 30.2 Å². The number of esters is 3. The molecule has 2 atom stereocenters. The summed E-state index contributed by atoms with van der Waals surface area (Å²) in [7, 11) is 1.33. The van der Waals surface area contributed by atoms with Crippen molar-refractivity contribution >= 4 is 17.9 Å². The van der Waals surface area contributed by atoms with Gasteiger partial charge in [0, 0.05) is 16.7 Å². The number of carbonyl (C=O) groups excluding carboxylic acids is 3. The zero-order valence-corrected chi connectivity index (χ0v) is 16.9. The molecule has 0 amide bonds. The first kappa shape index (κ1) is 27.7. The minimum atomic E-state index is -1.00. The summed E-state index contributed by atoms with van der Waals surface area (Å²) in [6.07, 6.45) is -0.860. The minimum Gasteiger partial charge on any atom is -0.466 e. The van der Waals surface area contributed by atoms with Crippen LogP contribution in [0.1, 0.15) is 20.8 Å². The average molecular weight is 402 g/mol. The van der Waals surface area contributed by atoms with Crippen molar-refractivity contribution in [3.05, 3.63) is 36.5 Å². The summed E-state index contributed by atoms with van der Waals surface area (Å²) in [6, 6.07) is 0. The summed E-state index contributed by atoms with van der Waals surface area (Å²) < 4.78 is 18.4. The number of ether oxygens (including phenoxy) is 4. The van der Waals surface area contributed by atoms with Crippen molar-refractivity contribution in [2.24, 2.45) is 0 Å². The van der Waals surface area contributed by atoms with Crippen LogP contribution in [0.15, 0.2) is 36.5 Å². The maximum atomic E-state index is 10.7. The molecule has 0 aliphatic carbocycles. The van der Waals surface area contributed by atoms with Gasteiger partial charge in [0.15, 0.2) is 0 Å². The maximum Gasteiger partial charge on any atom is 0.333 e. The van der Waals surface area contributed by atoms with Crippen LogP contribution in [0.2, 0.25) is 0 Å². The van der Waals surface area contributed by atoms with E-state index in [2.05, 4.69) is 29.2 Å². The van der Waals surface area contributed by atoms with Gasteiger partial charge < -0.3 is 29.2 Å². The van der Waals surface area contributed by atoms with Gasteiger partial charge in [-0.05, 0) is 20.8 Å². The van der Waals surface area contributed by atoms with E-state index in [1.807, 2.05) is 0 Å². The van der Waals surface area contributed by atoms with Gasteiger partial charge in [-0.1, -0.05) is 19.7 Å². The Labute approximate surface area is 165 Å². The summed E-state index contributed by atoms with van der Waals surface area (Å²) in [4.78, 5) is 31.5. The number of carbonyl (C=O) groups is 3. The quantitative estimate of drug-likeness (QED) is 0.260. The van der Waals surface area contributed by atoms with Gasteiger partial charge in [-0.2, -0.15) is 0 Å². The standard InChI is InChI=1S/C7H12O4.C7H10O3.C5H8O2/c1-5(2)7(10)11-4-6(9)3-8;1-5(2)7(8)10-4-6-3-9-6;1-4(2)5(6)7-3/h6,8-9H,1,3-4H2,2H3;6H,1,3-4H2,2H3;1H2,2-3H3. The summed E-state index contributed by atoms with van der Waals surface area (Å²) >= 11 is 0. The van der Waals surface area contributed by atoms with E-state index in [1.54, 1.807) is 13.8 Å². The molecule has 28 heavy (non-hydrogen) atoms. The molecule has 1 saturated heterocycles. The second-order valence-corrected chi connectivity index (χ2v) is 5.82. The van der Waals surface area contributed by atoms with Crippen LogP contribution in [-0.2, 0) is 33.3 Å². The highest BCUT2D eigenvalue weighted by atomic mass is 16.6. The van der Waals surface area contributed by atoms with Crippen LogP contribution < -0.4 is 0 Å². The van der Waals surface area contributed by atoms with Crippen molar-refractivity contribution in [3.63, 3.8) is 0 Å². The molecule has 9 heteroatoms. The predicted octanol–water partition coefficient (Wildman–Crippen LogP) is 0.699. The Bertz CT molecular complexity index is 562. The third-order valence-corrected chi connectivity index (χ3v) is 2.65. The van der Waals surface area contributed by atoms with Gasteiger partial charge in [0.2, 0.25) is 0 Å². The Morgan fingerprint density at radius 2 is 1.43 bits per heavy atom. The van der Waals surface area contributed by atoms with Gasteiger partial charge in [0.05, 0.1) is 20.3 Å². The lowest BCUT2D eigenvalue weighted by molar-refractivity contribution is -0.142. The lowest BCUT2D eigenvalue weighted by Gasteiger charge is -2.07. The molecular formula is C19H30O9. The highest BCUT2D eigenvalue weighted by molar-refractivity contribution is 5.87. The van der Waals surface area contributed by atoms with Crippen molar-refractivity contribution < 1.29 is 43.5 Å². The number of aliphatic hydroxyl groups excluding tert-OH is 2. The van der Waals surface area contributed by atoms with Gasteiger partial charge in [0.1, 0.15) is 25.4 Å². The Kier molecular flexibility index (Phi) is 15.4. The molecule has 1 aliphatic heterocycles. The molecule has 2 N–H and O–H groups in total. The Morgan fingerprint density at radius 3 is 1.71 bits per heavy atom. The van der Waals surface area contributed by atoms with Crippen LogP contribution in [0.5, 0.6) is 0 Å². The third kappa shape index (κ3) is 17.0. The third-order valence-electron chi connectivity index (χ3n) is 2.65. The van der Waals surface area contributed by atoms with Gasteiger partial charge in [0.25, 0.3) is 0 Å². The van der Waals surface area contributed by atoms with Crippen molar-refractivity contribution in [1.82, 2.24) is 0 Å². The molecule has 0 aromatic carbocycles. The molecule has 0 radical (unpaired) electrons. The molecule has 9 nitrogen and oxygen atoms in total. The van der Waals surface area contributed by atoms with Crippen LogP contribution in [0.4, 0.5) is 0 Å². The van der Waals surface area contributed by atoms with E-state index < -0.39 is 18.7 Å². The molecule has 0 spiro atoms. The van der Waals surface area contributed by atoms with Crippen LogP contribution >= 0.6 is 0 Å². The smallest absolute Gasteiger partial charge is 0.333 e. The lowest BCUT2D eigenvalue weighted by Crippen LogP contribution is -2.22. The summed E-state index contributed by atoms with van der Waals surface area (Å²) in [5.41, 5.74) is 1.14. The SMILES string of the molecule is C=C(C)C(=O)OC.C=C(C)C(=O)OCC(O)CO.C=C(C)C(=O)OCC1CO1. The zero-order valence-electron chi connectivity index (χ0n) is 16.9. The zero-order chi connectivity index (χ0) is 22.3. The molecule has 0 bridgehead atoms. The molecule has 0 aromatic rings. The Balaban J connectivity index is 0. The number of methoxy groups -OCH3 is 1. The first-order valence-corrected chi connectivity index (χ1v) is 8.25. The molecule has 1 fully saturated rings. The largest absolute Gasteiger partial charge is 0.466 e. The molecule has 1 aliphatic rings. The number of epoxide rings is 1. The Hall–Kier alpha value is -2.49. The number of hydrogen-bond donors (Lipinski definition) is 2. The molecule has 0 aromatic heterocycles. The second-order valence-electron chi connectivity index (χ2n) is 5.82. The average Bonchev–Trinajstić information content (AvgIpc) is 3.48. The van der Waals surface area contributed by atoms with Gasteiger partial charge in [-0.15, -0.1) is 0 Å². The minimum absolute atomic E-state index is 0.142. The second kappa shape index (κ2) is 15.6. The molecular weight excluding hydrogens is 372 g/mol. The monoisotopic (exact) mass is 402 g/mol. The first-order chi connectivity index (χ1) is 13.0. The van der Waals surface area contributed by atoms with E-state index in [9.17, 15) is 14.4 Å². The van der Waals surface area contributed by atoms with E-state index in [0.29, 0.717) is 24.4 Å². The molecule has 2 unspecified atom stereocenters. The van der Waals surface area contributed by atoms with Crippen molar-refractivity contribution in [2.45, 2.75) is 33.0 Å². The number of rotatable bonds is 8. The topological polar surface area (TPSA) is 132 Å². The molecule has 1 rings (SSSR count). The fourth-order valence-electron chi connectivity index (χ4n) is 0.978. The Morgan fingerprint density at radius 1 is 1.00 bits per heavy atom. The van der Waals surface area contributed by atoms with Gasteiger partial charge >= 0.3 is 17.9 Å². The van der Waals surface area contributed by atoms with Crippen LogP contribution in [0, 0.1) is 0 Å². The fraction of sp³-hybridized carbons (Fsp3) is 0.526. The predicted molar refractivity (Wildman–Crippen MR) is 101 cm³/mol. The van der Waals surface area contributed by atoms with Crippen molar-refractivity contribution in [2.75, 3.05) is 33.5 Å². The fourth-order valence-corrected chi connectivity index (χ4v) is 0.978. The van der Waals surface area contributed by atoms with E-state index in [1.165, 1.54) is 14.0 Å². The summed E-state index contributed by atoms with van der Waals surface area (Å²) in [6.45, 7) is 15.3. The number of hydrogen-bond acceptors (Lipinski definition) is 9. The van der Waals surface area contributed by atoms with Crippen molar-refractivity contribution in [3.8, 4) is 0 Å². The lowest BCUT2D eigenvalue weighted by atomic mass is 10.3. The highest BCUT2D eigenvalue weighted by Crippen LogP contribution is 2.09.